The van der Waals surface area contributed by atoms with Gasteiger partial charge < -0.3 is 19.7 Å². The molecule has 2 N–H and O–H groups in total. The molecule has 3 aromatic heterocycles. The molecule has 0 aromatic carbocycles. The Hall–Kier alpha value is -2.71. The predicted octanol–water partition coefficient (Wildman–Crippen LogP) is 1.42. The number of hydrogen-bond acceptors (Lipinski definition) is 5. The lowest BCUT2D eigenvalue weighted by Crippen LogP contribution is -2.24. The van der Waals surface area contributed by atoms with E-state index in [-0.39, 0.29) is 24.8 Å². The van der Waals surface area contributed by atoms with Crippen LogP contribution < -0.4 is 10.2 Å². The number of imidazole rings is 1. The second-order valence-electron chi connectivity index (χ2n) is 5.91. The van der Waals surface area contributed by atoms with E-state index in [1.165, 1.54) is 16.2 Å². The van der Waals surface area contributed by atoms with E-state index in [0.717, 1.165) is 11.2 Å². The zero-order valence-electron chi connectivity index (χ0n) is 13.3. The molecule has 7 nitrogen and oxygen atoms in total. The Labute approximate surface area is 147 Å². The van der Waals surface area contributed by atoms with E-state index in [4.69, 9.17) is 0 Å². The highest BCUT2D eigenvalue weighted by Gasteiger charge is 2.30. The van der Waals surface area contributed by atoms with Crippen LogP contribution >= 0.6 is 11.3 Å². The minimum Gasteiger partial charge on any atom is -0.391 e. The molecule has 0 bridgehead atoms. The molecule has 0 saturated carbocycles. The number of fused-ring (bicyclic) bond motifs is 1. The zero-order chi connectivity index (χ0) is 17.4. The maximum atomic E-state index is 12.3. The third-order valence-electron chi connectivity index (χ3n) is 4.10. The first-order valence-electron chi connectivity index (χ1n) is 7.88. The lowest BCUT2D eigenvalue weighted by Gasteiger charge is -2.12. The van der Waals surface area contributed by atoms with E-state index in [1.54, 1.807) is 18.3 Å². The second-order valence-corrected chi connectivity index (χ2v) is 6.97. The van der Waals surface area contributed by atoms with Crippen LogP contribution in [0.4, 0.5) is 5.00 Å². The normalized spacial score (nSPS) is 17.4. The van der Waals surface area contributed by atoms with Gasteiger partial charge in [-0.15, -0.1) is 11.3 Å². The molecule has 0 radical (unpaired) electrons. The van der Waals surface area contributed by atoms with Crippen LogP contribution in [0.5, 0.6) is 0 Å². The van der Waals surface area contributed by atoms with Crippen molar-refractivity contribution in [3.63, 3.8) is 0 Å². The van der Waals surface area contributed by atoms with Crippen molar-refractivity contribution in [3.8, 4) is 0 Å². The molecule has 8 heteroatoms. The van der Waals surface area contributed by atoms with E-state index in [0.29, 0.717) is 16.4 Å². The van der Waals surface area contributed by atoms with Gasteiger partial charge in [0.1, 0.15) is 5.65 Å². The molecule has 1 atom stereocenters. The van der Waals surface area contributed by atoms with Crippen LogP contribution in [-0.2, 0) is 11.3 Å². The summed E-state index contributed by atoms with van der Waals surface area (Å²) in [7, 11) is 0. The first kappa shape index (κ1) is 15.8. The first-order chi connectivity index (χ1) is 12.1. The van der Waals surface area contributed by atoms with Crippen molar-refractivity contribution >= 4 is 33.8 Å². The maximum Gasteiger partial charge on any atom is 0.261 e. The van der Waals surface area contributed by atoms with Crippen LogP contribution in [0.3, 0.4) is 0 Å². The number of carbonyl (C=O) groups is 2. The van der Waals surface area contributed by atoms with Gasteiger partial charge in [-0.1, -0.05) is 0 Å². The lowest BCUT2D eigenvalue weighted by molar-refractivity contribution is -0.117. The number of carbonyl (C=O) groups excluding carboxylic acids is 2. The molecule has 4 heterocycles. The largest absolute Gasteiger partial charge is 0.391 e. The van der Waals surface area contributed by atoms with Gasteiger partial charge in [0, 0.05) is 25.1 Å². The summed E-state index contributed by atoms with van der Waals surface area (Å²) in [6, 6.07) is 7.29. The Bertz CT molecular complexity index is 948. The quantitative estimate of drug-likeness (QED) is 0.740. The van der Waals surface area contributed by atoms with Gasteiger partial charge in [0.2, 0.25) is 5.91 Å². The maximum absolute atomic E-state index is 12.3. The van der Waals surface area contributed by atoms with Crippen LogP contribution in [-0.4, -0.2) is 39.0 Å². The van der Waals surface area contributed by atoms with Crippen molar-refractivity contribution < 1.29 is 14.7 Å². The number of β-amino-alcohol motifs (C(OH)–C–C–N with tert-alkyl or cyclic N) is 1. The van der Waals surface area contributed by atoms with Crippen molar-refractivity contribution in [2.24, 2.45) is 0 Å². The minimum atomic E-state index is -0.635. The summed E-state index contributed by atoms with van der Waals surface area (Å²) in [5.74, 6) is -0.305. The highest BCUT2D eigenvalue weighted by molar-refractivity contribution is 7.18. The van der Waals surface area contributed by atoms with Gasteiger partial charge in [-0.3, -0.25) is 9.59 Å². The zero-order valence-corrected chi connectivity index (χ0v) is 14.1. The number of nitrogens with one attached hydrogen (secondary N) is 1. The SMILES string of the molecule is O=C(NCc1ccn2ccnc2c1)c1ccc(N2C[C@@H](O)CC2=O)s1. The molecule has 4 rings (SSSR count). The number of rotatable bonds is 4. The van der Waals surface area contributed by atoms with Crippen molar-refractivity contribution in [3.05, 3.63) is 53.3 Å². The van der Waals surface area contributed by atoms with Gasteiger partial charge in [-0.25, -0.2) is 4.98 Å². The summed E-state index contributed by atoms with van der Waals surface area (Å²) in [5, 5.41) is 13.1. The molecule has 1 fully saturated rings. The summed E-state index contributed by atoms with van der Waals surface area (Å²) >= 11 is 1.25. The molecule has 1 saturated heterocycles. The number of aromatic nitrogens is 2. The number of hydrogen-bond donors (Lipinski definition) is 2. The standard InChI is InChI=1S/C17H16N4O3S/c22-12-8-15(23)21(10-12)16-2-1-13(25-16)17(24)19-9-11-3-5-20-6-4-18-14(20)7-11/h1-7,12,22H,8-10H2,(H,19,24)/t12-/m0/s1. The van der Waals surface area contributed by atoms with Gasteiger partial charge in [0.15, 0.2) is 0 Å². The van der Waals surface area contributed by atoms with Gasteiger partial charge in [-0.05, 0) is 29.8 Å². The molecule has 1 aliphatic rings. The topological polar surface area (TPSA) is 86.9 Å². The summed E-state index contributed by atoms with van der Waals surface area (Å²) < 4.78 is 1.90. The fraction of sp³-hybridized carbons (Fsp3) is 0.235. The van der Waals surface area contributed by atoms with E-state index >= 15 is 0 Å². The van der Waals surface area contributed by atoms with Crippen LogP contribution in [0.25, 0.3) is 5.65 Å². The molecular formula is C17H16N4O3S. The van der Waals surface area contributed by atoms with E-state index in [2.05, 4.69) is 10.3 Å². The Kier molecular flexibility index (Phi) is 3.98. The molecule has 3 aromatic rings. The molecular weight excluding hydrogens is 340 g/mol. The van der Waals surface area contributed by atoms with Crippen molar-refractivity contribution in [2.75, 3.05) is 11.4 Å². The van der Waals surface area contributed by atoms with Gasteiger partial charge in [0.25, 0.3) is 5.91 Å². The number of aliphatic hydroxyl groups is 1. The third-order valence-corrected chi connectivity index (χ3v) is 5.21. The summed E-state index contributed by atoms with van der Waals surface area (Å²) in [6.45, 7) is 0.682. The van der Waals surface area contributed by atoms with Crippen molar-refractivity contribution in [2.45, 2.75) is 19.1 Å². The number of pyridine rings is 1. The molecule has 128 valence electrons. The Morgan fingerprint density at radius 2 is 2.24 bits per heavy atom. The molecule has 0 spiro atoms. The Balaban J connectivity index is 1.42. The molecule has 1 aliphatic heterocycles. The smallest absolute Gasteiger partial charge is 0.261 e. The van der Waals surface area contributed by atoms with E-state index in [1.807, 2.05) is 28.9 Å². The number of aliphatic hydroxyl groups excluding tert-OH is 1. The van der Waals surface area contributed by atoms with E-state index < -0.39 is 6.10 Å². The van der Waals surface area contributed by atoms with Gasteiger partial charge in [-0.2, -0.15) is 0 Å². The van der Waals surface area contributed by atoms with Crippen LogP contribution in [0, 0.1) is 0 Å². The van der Waals surface area contributed by atoms with Crippen molar-refractivity contribution in [1.82, 2.24) is 14.7 Å². The van der Waals surface area contributed by atoms with Gasteiger partial charge >= 0.3 is 0 Å². The molecule has 2 amide bonds. The molecule has 0 unspecified atom stereocenters. The summed E-state index contributed by atoms with van der Waals surface area (Å²) in [6.07, 6.45) is 4.99. The molecule has 25 heavy (non-hydrogen) atoms. The predicted molar refractivity (Wildman–Crippen MR) is 93.7 cm³/mol. The van der Waals surface area contributed by atoms with Crippen LogP contribution in [0.1, 0.15) is 21.7 Å². The fourth-order valence-electron chi connectivity index (χ4n) is 2.83. The average molecular weight is 356 g/mol. The number of anilines is 1. The third kappa shape index (κ3) is 3.13. The number of amides is 2. The number of thiophene rings is 1. The molecule has 0 aliphatic carbocycles. The fourth-order valence-corrected chi connectivity index (χ4v) is 3.78. The van der Waals surface area contributed by atoms with E-state index in [9.17, 15) is 14.7 Å². The number of nitrogens with zero attached hydrogens (tertiary/aromatic N) is 3. The first-order valence-corrected chi connectivity index (χ1v) is 8.70. The van der Waals surface area contributed by atoms with Crippen LogP contribution in [0.15, 0.2) is 42.9 Å². The van der Waals surface area contributed by atoms with Crippen LogP contribution in [0.2, 0.25) is 0 Å². The monoisotopic (exact) mass is 356 g/mol. The Morgan fingerprint density at radius 3 is 3.04 bits per heavy atom. The summed E-state index contributed by atoms with van der Waals surface area (Å²) in [4.78, 5) is 30.4. The highest BCUT2D eigenvalue weighted by Crippen LogP contribution is 2.29. The second kappa shape index (κ2) is 6.30. The minimum absolute atomic E-state index is 0.116. The lowest BCUT2D eigenvalue weighted by atomic mass is 10.2. The highest BCUT2D eigenvalue weighted by atomic mass is 32.1. The Morgan fingerprint density at radius 1 is 1.36 bits per heavy atom. The summed E-state index contributed by atoms with van der Waals surface area (Å²) in [5.41, 5.74) is 1.79. The van der Waals surface area contributed by atoms with Crippen molar-refractivity contribution in [1.29, 1.82) is 0 Å². The van der Waals surface area contributed by atoms with Gasteiger partial charge in [0.05, 0.1) is 28.9 Å². The average Bonchev–Trinajstić information content (AvgIpc) is 3.31.